The van der Waals surface area contributed by atoms with Gasteiger partial charge in [-0.3, -0.25) is 0 Å². The number of hydrogen-bond acceptors (Lipinski definition) is 3. The van der Waals surface area contributed by atoms with Gasteiger partial charge in [0.15, 0.2) is 0 Å². The van der Waals surface area contributed by atoms with E-state index in [2.05, 4.69) is 24.3 Å². The summed E-state index contributed by atoms with van der Waals surface area (Å²) in [6.45, 7) is 0. The molecule has 5 heteroatoms. The molecule has 0 amide bonds. The van der Waals surface area contributed by atoms with Crippen LogP contribution in [-0.4, -0.2) is 8.42 Å². The molecule has 0 heterocycles. The third-order valence-corrected chi connectivity index (χ3v) is 8.74. The minimum atomic E-state index is -4.05. The van der Waals surface area contributed by atoms with Gasteiger partial charge < -0.3 is 0 Å². The molecular formula is C28H17IO3S. The molecule has 0 saturated heterocycles. The van der Waals surface area contributed by atoms with Gasteiger partial charge in [0.2, 0.25) is 0 Å². The predicted octanol–water partition coefficient (Wildman–Crippen LogP) is 7.97. The highest BCUT2D eigenvalue weighted by Crippen LogP contribution is 2.49. The van der Waals surface area contributed by atoms with Crippen molar-refractivity contribution in [2.45, 2.75) is 4.90 Å². The molecule has 0 radical (unpaired) electrons. The third-order valence-electron chi connectivity index (χ3n) is 6.23. The van der Waals surface area contributed by atoms with Crippen LogP contribution in [0.2, 0.25) is 0 Å². The van der Waals surface area contributed by atoms with E-state index < -0.39 is 10.1 Å². The molecule has 0 N–H and O–H groups in total. The van der Waals surface area contributed by atoms with Crippen molar-refractivity contribution in [2.24, 2.45) is 0 Å². The van der Waals surface area contributed by atoms with Crippen molar-refractivity contribution >= 4 is 65.4 Å². The SMILES string of the molecule is O=S(=O)(OI)c1c(-c2ccccc2)c(-c2ccccc2)c2ccc3cccc4ccc1c2c34. The van der Waals surface area contributed by atoms with E-state index in [-0.39, 0.29) is 4.90 Å². The van der Waals surface area contributed by atoms with E-state index in [9.17, 15) is 8.42 Å². The molecule has 0 unspecified atom stereocenters. The number of benzene rings is 6. The Balaban J connectivity index is 1.97. The number of halogens is 1. The van der Waals surface area contributed by atoms with Crippen molar-refractivity contribution in [1.29, 1.82) is 0 Å². The maximum atomic E-state index is 13.5. The summed E-state index contributed by atoms with van der Waals surface area (Å²) in [6.07, 6.45) is 0. The molecule has 160 valence electrons. The Hall–Kier alpha value is -3.00. The van der Waals surface area contributed by atoms with Gasteiger partial charge in [0, 0.05) is 10.9 Å². The highest BCUT2D eigenvalue weighted by atomic mass is 127. The van der Waals surface area contributed by atoms with E-state index in [1.807, 2.05) is 78.9 Å². The van der Waals surface area contributed by atoms with Crippen LogP contribution >= 0.6 is 23.0 Å². The first kappa shape index (κ1) is 20.6. The van der Waals surface area contributed by atoms with Crippen LogP contribution in [0, 0.1) is 0 Å². The molecule has 0 aromatic heterocycles. The third kappa shape index (κ3) is 3.14. The molecular weight excluding hydrogens is 543 g/mol. The maximum absolute atomic E-state index is 13.5. The zero-order chi connectivity index (χ0) is 22.6. The van der Waals surface area contributed by atoms with Crippen LogP contribution < -0.4 is 0 Å². The van der Waals surface area contributed by atoms with E-state index in [0.717, 1.165) is 43.6 Å². The zero-order valence-electron chi connectivity index (χ0n) is 17.3. The summed E-state index contributed by atoms with van der Waals surface area (Å²) >= 11 is 1.47. The lowest BCUT2D eigenvalue weighted by molar-refractivity contribution is 0.538. The van der Waals surface area contributed by atoms with Gasteiger partial charge in [0.25, 0.3) is 0 Å². The van der Waals surface area contributed by atoms with E-state index in [4.69, 9.17) is 2.51 Å². The first-order chi connectivity index (χ1) is 16.1. The van der Waals surface area contributed by atoms with Crippen molar-refractivity contribution in [3.8, 4) is 22.3 Å². The molecule has 0 aliphatic heterocycles. The van der Waals surface area contributed by atoms with E-state index in [0.29, 0.717) is 10.9 Å². The summed E-state index contributed by atoms with van der Waals surface area (Å²) in [7, 11) is -4.05. The van der Waals surface area contributed by atoms with Gasteiger partial charge in [-0.2, -0.15) is 10.9 Å². The first-order valence-corrected chi connectivity index (χ1v) is 12.8. The fourth-order valence-corrected chi connectivity index (χ4v) is 6.45. The molecule has 0 atom stereocenters. The Morgan fingerprint density at radius 3 is 1.67 bits per heavy atom. The molecule has 0 spiro atoms. The summed E-state index contributed by atoms with van der Waals surface area (Å²) in [6, 6.07) is 34.0. The molecule has 6 aromatic rings. The Morgan fingerprint density at radius 2 is 1.09 bits per heavy atom. The normalized spacial score (nSPS) is 12.2. The molecule has 0 aliphatic rings. The second-order valence-corrected chi connectivity index (χ2v) is 10.5. The van der Waals surface area contributed by atoms with Crippen molar-refractivity contribution in [1.82, 2.24) is 0 Å². The van der Waals surface area contributed by atoms with Crippen LogP contribution in [-0.2, 0) is 12.6 Å². The lowest BCUT2D eigenvalue weighted by Gasteiger charge is -2.22. The van der Waals surface area contributed by atoms with Crippen LogP contribution in [0.3, 0.4) is 0 Å². The Labute approximate surface area is 205 Å². The second-order valence-electron chi connectivity index (χ2n) is 8.01. The summed E-state index contributed by atoms with van der Waals surface area (Å²) in [4.78, 5) is 0.202. The maximum Gasteiger partial charge on any atom is 0.307 e. The highest BCUT2D eigenvalue weighted by Gasteiger charge is 2.29. The van der Waals surface area contributed by atoms with Crippen LogP contribution in [0.1, 0.15) is 0 Å². The average Bonchev–Trinajstić information content (AvgIpc) is 2.87. The minimum Gasteiger partial charge on any atom is -0.195 e. The highest BCUT2D eigenvalue weighted by molar-refractivity contribution is 14.1. The second kappa shape index (κ2) is 7.80. The number of hydrogen-bond donors (Lipinski definition) is 0. The molecule has 0 fully saturated rings. The minimum absolute atomic E-state index is 0.202. The molecule has 6 aromatic carbocycles. The first-order valence-electron chi connectivity index (χ1n) is 10.5. The lowest BCUT2D eigenvalue weighted by atomic mass is 9.85. The lowest BCUT2D eigenvalue weighted by Crippen LogP contribution is -2.06. The van der Waals surface area contributed by atoms with Gasteiger partial charge in [-0.25, -0.2) is 0 Å². The van der Waals surface area contributed by atoms with Crippen molar-refractivity contribution in [2.75, 3.05) is 0 Å². The Kier molecular flexibility index (Phi) is 4.87. The molecule has 0 aliphatic carbocycles. The molecule has 0 saturated carbocycles. The predicted molar refractivity (Wildman–Crippen MR) is 143 cm³/mol. The van der Waals surface area contributed by atoms with E-state index >= 15 is 0 Å². The van der Waals surface area contributed by atoms with Crippen molar-refractivity contribution in [3.63, 3.8) is 0 Å². The topological polar surface area (TPSA) is 43.4 Å². The van der Waals surface area contributed by atoms with Gasteiger partial charge in [-0.05, 0) is 43.6 Å². The molecule has 33 heavy (non-hydrogen) atoms. The summed E-state index contributed by atoms with van der Waals surface area (Å²) in [5.74, 6) is 0. The van der Waals surface area contributed by atoms with Crippen LogP contribution in [0.4, 0.5) is 0 Å². The average molecular weight is 560 g/mol. The van der Waals surface area contributed by atoms with Crippen LogP contribution in [0.5, 0.6) is 0 Å². The molecule has 0 bridgehead atoms. The van der Waals surface area contributed by atoms with Crippen LogP contribution in [0.25, 0.3) is 54.6 Å². The van der Waals surface area contributed by atoms with Gasteiger partial charge in [-0.15, -0.1) is 0 Å². The van der Waals surface area contributed by atoms with Crippen molar-refractivity contribution < 1.29 is 10.9 Å². The summed E-state index contributed by atoms with van der Waals surface area (Å²) in [5.41, 5.74) is 3.33. The molecule has 6 rings (SSSR count). The fourth-order valence-electron chi connectivity index (χ4n) is 4.94. The smallest absolute Gasteiger partial charge is 0.195 e. The fraction of sp³-hybridized carbons (Fsp3) is 0. The summed E-state index contributed by atoms with van der Waals surface area (Å²) < 4.78 is 32.1. The van der Waals surface area contributed by atoms with E-state index in [1.165, 1.54) is 23.0 Å². The Morgan fingerprint density at radius 1 is 0.545 bits per heavy atom. The number of rotatable bonds is 4. The van der Waals surface area contributed by atoms with Crippen LogP contribution in [0.15, 0.2) is 108 Å². The zero-order valence-corrected chi connectivity index (χ0v) is 20.3. The van der Waals surface area contributed by atoms with E-state index in [1.54, 1.807) is 0 Å². The largest absolute Gasteiger partial charge is 0.307 e. The van der Waals surface area contributed by atoms with Gasteiger partial charge in [-0.1, -0.05) is 103 Å². The van der Waals surface area contributed by atoms with Gasteiger partial charge >= 0.3 is 10.1 Å². The monoisotopic (exact) mass is 560 g/mol. The molecule has 3 nitrogen and oxygen atoms in total. The van der Waals surface area contributed by atoms with Gasteiger partial charge in [0.1, 0.15) is 27.9 Å². The Bertz CT molecular complexity index is 1730. The summed E-state index contributed by atoms with van der Waals surface area (Å²) in [5, 5.41) is 5.85. The quantitative estimate of drug-likeness (QED) is 0.162. The van der Waals surface area contributed by atoms with Crippen molar-refractivity contribution in [3.05, 3.63) is 103 Å². The van der Waals surface area contributed by atoms with Gasteiger partial charge in [0.05, 0.1) is 0 Å². The standard InChI is InChI=1S/C28H17IO3S/c29-32-33(30,31)28-23-17-15-21-13-7-12-20-14-16-22(27(23)24(20)21)25(18-8-3-1-4-9-18)26(28)19-10-5-2-6-11-19/h1-17H.